The van der Waals surface area contributed by atoms with Gasteiger partial charge in [0.25, 0.3) is 0 Å². The number of hydrogen-bond acceptors (Lipinski definition) is 9. The Hall–Kier alpha value is -3.17. The fourth-order valence-corrected chi connectivity index (χ4v) is 3.98. The summed E-state index contributed by atoms with van der Waals surface area (Å²) in [6, 6.07) is 1.53. The molecule has 0 aromatic heterocycles. The van der Waals surface area contributed by atoms with Gasteiger partial charge in [-0.25, -0.2) is 4.79 Å². The van der Waals surface area contributed by atoms with Crippen molar-refractivity contribution < 1.29 is 29.4 Å². The van der Waals surface area contributed by atoms with Gasteiger partial charge in [0.15, 0.2) is 5.96 Å². The number of aromatic hydroxyl groups is 1. The lowest BCUT2D eigenvalue weighted by Gasteiger charge is -2.24. The molecule has 212 valence electrons. The largest absolute Gasteiger partial charge is 0.508 e. The highest BCUT2D eigenvalue weighted by Gasteiger charge is 2.29. The molecule has 0 saturated carbocycles. The Bertz CT molecular complexity index is 960. The Balaban J connectivity index is 2.90. The van der Waals surface area contributed by atoms with Crippen molar-refractivity contribution in [2.45, 2.75) is 49.9 Å². The Morgan fingerprint density at radius 3 is 2.11 bits per heavy atom. The minimum absolute atomic E-state index is 0.0210. The molecule has 0 aliphatic carbocycles. The standard InChI is InChI=1S/C23H37N7O6S2/c1-38-10-8-15(24)19(32)28-16(3-2-9-27-23(25)26)20(33)30-18(12-37)21(34)29-17(22(35)36)11-13-4-6-14(31)7-5-13/h4-7,15-18,31,37H,2-3,8-12,24H2,1H3,(H,28,32)(H,29,34)(H,30,33)(H,35,36)(H4,25,26,27). The average Bonchev–Trinajstić information content (AvgIpc) is 2.87. The second kappa shape index (κ2) is 17.4. The summed E-state index contributed by atoms with van der Waals surface area (Å²) >= 11 is 5.66. The minimum atomic E-state index is -1.30. The molecule has 4 atom stereocenters. The molecule has 1 rings (SSSR count). The third-order valence-electron chi connectivity index (χ3n) is 5.35. The van der Waals surface area contributed by atoms with Crippen LogP contribution in [-0.2, 0) is 25.6 Å². The number of carboxylic acids is 1. The van der Waals surface area contributed by atoms with Crippen LogP contribution in [0.5, 0.6) is 5.75 Å². The van der Waals surface area contributed by atoms with Crippen molar-refractivity contribution in [1.82, 2.24) is 16.0 Å². The monoisotopic (exact) mass is 571 g/mol. The molecule has 0 aliphatic rings. The average molecular weight is 572 g/mol. The van der Waals surface area contributed by atoms with Crippen LogP contribution in [-0.4, -0.2) is 88.3 Å². The van der Waals surface area contributed by atoms with Crippen LogP contribution < -0.4 is 33.2 Å². The van der Waals surface area contributed by atoms with E-state index in [1.54, 1.807) is 0 Å². The number of nitrogens with zero attached hydrogens (tertiary/aromatic N) is 1. The first-order valence-electron chi connectivity index (χ1n) is 11.8. The number of thioether (sulfide) groups is 1. The van der Waals surface area contributed by atoms with Gasteiger partial charge in [-0.2, -0.15) is 24.4 Å². The lowest BCUT2D eigenvalue weighted by atomic mass is 10.1. The Kier molecular flexibility index (Phi) is 15.0. The highest BCUT2D eigenvalue weighted by atomic mass is 32.2. The summed E-state index contributed by atoms with van der Waals surface area (Å²) in [6.45, 7) is 0.217. The number of nitrogens with two attached hydrogens (primary N) is 3. The fraction of sp³-hybridized carbons (Fsp3) is 0.522. The number of hydrogen-bond donors (Lipinski definition) is 9. The van der Waals surface area contributed by atoms with Crippen molar-refractivity contribution in [3.05, 3.63) is 29.8 Å². The third-order valence-corrected chi connectivity index (χ3v) is 6.36. The van der Waals surface area contributed by atoms with Gasteiger partial charge in [0, 0.05) is 18.7 Å². The molecule has 0 radical (unpaired) electrons. The first-order chi connectivity index (χ1) is 18.0. The summed E-state index contributed by atoms with van der Waals surface area (Å²) < 4.78 is 0. The van der Waals surface area contributed by atoms with E-state index in [2.05, 4.69) is 33.6 Å². The lowest BCUT2D eigenvalue weighted by Crippen LogP contribution is -2.57. The van der Waals surface area contributed by atoms with Crippen LogP contribution in [0, 0.1) is 0 Å². The number of guanidine groups is 1. The number of amides is 3. The number of carbonyl (C=O) groups excluding carboxylic acids is 3. The molecule has 13 nitrogen and oxygen atoms in total. The number of benzene rings is 1. The second-order valence-corrected chi connectivity index (χ2v) is 9.76. The molecule has 11 N–H and O–H groups in total. The van der Waals surface area contributed by atoms with Gasteiger partial charge in [-0.3, -0.25) is 19.4 Å². The number of carboxylic acid groups (broad SMARTS) is 1. The molecule has 1 aromatic carbocycles. The van der Waals surface area contributed by atoms with Gasteiger partial charge in [0.05, 0.1) is 6.04 Å². The van der Waals surface area contributed by atoms with Crippen molar-refractivity contribution in [3.63, 3.8) is 0 Å². The van der Waals surface area contributed by atoms with Crippen molar-refractivity contribution in [2.24, 2.45) is 22.2 Å². The van der Waals surface area contributed by atoms with Crippen molar-refractivity contribution >= 4 is 54.0 Å². The number of rotatable bonds is 17. The number of aliphatic carboxylic acids is 1. The highest BCUT2D eigenvalue weighted by molar-refractivity contribution is 7.98. The number of aliphatic imine (C=N–C) groups is 1. The van der Waals surface area contributed by atoms with E-state index < -0.39 is 47.9 Å². The van der Waals surface area contributed by atoms with Gasteiger partial charge in [-0.15, -0.1) is 0 Å². The second-order valence-electron chi connectivity index (χ2n) is 8.41. The van der Waals surface area contributed by atoms with E-state index in [4.69, 9.17) is 17.2 Å². The topological polar surface area (TPSA) is 235 Å². The maximum Gasteiger partial charge on any atom is 0.326 e. The first-order valence-corrected chi connectivity index (χ1v) is 13.8. The van der Waals surface area contributed by atoms with Crippen LogP contribution in [0.2, 0.25) is 0 Å². The summed E-state index contributed by atoms with van der Waals surface area (Å²) in [5, 5.41) is 26.5. The predicted octanol–water partition coefficient (Wildman–Crippen LogP) is -1.46. The van der Waals surface area contributed by atoms with Crippen LogP contribution in [0.3, 0.4) is 0 Å². The third kappa shape index (κ3) is 12.4. The molecule has 0 fully saturated rings. The quantitative estimate of drug-likeness (QED) is 0.0456. The van der Waals surface area contributed by atoms with Crippen molar-refractivity contribution in [3.8, 4) is 5.75 Å². The van der Waals surface area contributed by atoms with E-state index in [0.29, 0.717) is 24.2 Å². The van der Waals surface area contributed by atoms with Crippen molar-refractivity contribution in [1.29, 1.82) is 0 Å². The Morgan fingerprint density at radius 1 is 0.974 bits per heavy atom. The smallest absolute Gasteiger partial charge is 0.326 e. The zero-order valence-corrected chi connectivity index (χ0v) is 22.8. The molecule has 0 heterocycles. The van der Waals surface area contributed by atoms with Gasteiger partial charge in [0.1, 0.15) is 23.9 Å². The van der Waals surface area contributed by atoms with Crippen molar-refractivity contribution in [2.75, 3.05) is 24.3 Å². The molecular weight excluding hydrogens is 534 g/mol. The van der Waals surface area contributed by atoms with Gasteiger partial charge >= 0.3 is 5.97 Å². The Labute approximate surface area is 231 Å². The van der Waals surface area contributed by atoms with Gasteiger partial charge in [0.2, 0.25) is 17.7 Å². The van der Waals surface area contributed by atoms with Gasteiger partial charge in [-0.1, -0.05) is 12.1 Å². The predicted molar refractivity (Wildman–Crippen MR) is 150 cm³/mol. The lowest BCUT2D eigenvalue weighted by molar-refractivity contribution is -0.142. The zero-order valence-electron chi connectivity index (χ0n) is 21.1. The Morgan fingerprint density at radius 2 is 1.55 bits per heavy atom. The molecule has 0 bridgehead atoms. The molecule has 0 saturated heterocycles. The summed E-state index contributed by atoms with van der Waals surface area (Å²) in [7, 11) is 0. The summed E-state index contributed by atoms with van der Waals surface area (Å²) in [5.74, 6) is -2.79. The van der Waals surface area contributed by atoms with Crippen LogP contribution in [0.1, 0.15) is 24.8 Å². The first kappa shape index (κ1) is 32.9. The van der Waals surface area contributed by atoms with E-state index in [1.165, 1.54) is 36.0 Å². The van der Waals surface area contributed by atoms with Gasteiger partial charge in [-0.05, 0) is 49.0 Å². The van der Waals surface area contributed by atoms with Crippen LogP contribution in [0.15, 0.2) is 29.3 Å². The van der Waals surface area contributed by atoms with Crippen LogP contribution in [0.25, 0.3) is 0 Å². The molecule has 0 aliphatic heterocycles. The molecule has 38 heavy (non-hydrogen) atoms. The summed E-state index contributed by atoms with van der Waals surface area (Å²) in [5.41, 5.74) is 17.1. The molecular formula is C23H37N7O6S2. The van der Waals surface area contributed by atoms with E-state index in [1.807, 2.05) is 6.26 Å². The summed E-state index contributed by atoms with van der Waals surface area (Å²) in [4.78, 5) is 54.0. The fourth-order valence-electron chi connectivity index (χ4n) is 3.23. The summed E-state index contributed by atoms with van der Waals surface area (Å²) in [6.07, 6.45) is 2.75. The van der Waals surface area contributed by atoms with Gasteiger partial charge < -0.3 is 43.4 Å². The van der Waals surface area contributed by atoms with Crippen LogP contribution >= 0.6 is 24.4 Å². The van der Waals surface area contributed by atoms with E-state index in [-0.39, 0.29) is 36.8 Å². The van der Waals surface area contributed by atoms with E-state index >= 15 is 0 Å². The number of phenols is 1. The minimum Gasteiger partial charge on any atom is -0.508 e. The normalized spacial score (nSPS) is 13.9. The zero-order chi connectivity index (χ0) is 28.7. The molecule has 15 heteroatoms. The number of thiol groups is 1. The van der Waals surface area contributed by atoms with E-state index in [9.17, 15) is 29.4 Å². The van der Waals surface area contributed by atoms with Crippen LogP contribution in [0.4, 0.5) is 0 Å². The molecule has 3 amide bonds. The number of carbonyl (C=O) groups is 4. The molecule has 0 spiro atoms. The molecule has 4 unspecified atom stereocenters. The highest BCUT2D eigenvalue weighted by Crippen LogP contribution is 2.12. The maximum absolute atomic E-state index is 13.0. The van der Waals surface area contributed by atoms with E-state index in [0.717, 1.165) is 0 Å². The SMILES string of the molecule is CSCCC(N)C(=O)NC(CCCN=C(N)N)C(=O)NC(CS)C(=O)NC(Cc1ccc(O)cc1)C(=O)O. The maximum atomic E-state index is 13.0. The number of nitrogens with one attached hydrogen (secondary N) is 3. The molecule has 1 aromatic rings. The number of phenolic OH excluding ortho intramolecular Hbond substituents is 1.